The maximum Gasteiger partial charge on any atom is 0.252 e. The maximum absolute atomic E-state index is 12.5. The van der Waals surface area contributed by atoms with Crippen molar-refractivity contribution in [3.05, 3.63) is 69.2 Å². The Hall–Kier alpha value is -2.10. The van der Waals surface area contributed by atoms with E-state index in [9.17, 15) is 4.79 Å². The predicted octanol–water partition coefficient (Wildman–Crippen LogP) is 3.32. The first-order valence-corrected chi connectivity index (χ1v) is 8.91. The Balaban J connectivity index is 1.64. The zero-order chi connectivity index (χ0) is 18.5. The van der Waals surface area contributed by atoms with Crippen LogP contribution in [-0.4, -0.2) is 31.6 Å². The second kappa shape index (κ2) is 8.52. The van der Waals surface area contributed by atoms with Gasteiger partial charge in [0.1, 0.15) is 0 Å². The Labute approximate surface area is 161 Å². The highest BCUT2D eigenvalue weighted by Crippen LogP contribution is 2.27. The van der Waals surface area contributed by atoms with E-state index in [1.165, 1.54) is 0 Å². The Morgan fingerprint density at radius 3 is 2.77 bits per heavy atom. The number of rotatable bonds is 3. The lowest BCUT2D eigenvalue weighted by atomic mass is 10.1. The minimum Gasteiger partial charge on any atom is -0.370 e. The second-order valence-electron chi connectivity index (χ2n) is 5.98. The van der Waals surface area contributed by atoms with Gasteiger partial charge in [0, 0.05) is 13.1 Å². The van der Waals surface area contributed by atoms with E-state index >= 15 is 0 Å². The summed E-state index contributed by atoms with van der Waals surface area (Å²) < 4.78 is 5.95. The summed E-state index contributed by atoms with van der Waals surface area (Å²) in [7, 11) is 0. The van der Waals surface area contributed by atoms with Crippen molar-refractivity contribution in [1.82, 2.24) is 10.6 Å². The van der Waals surface area contributed by atoms with E-state index in [1.54, 1.807) is 36.4 Å². The summed E-state index contributed by atoms with van der Waals surface area (Å²) in [6.07, 6.45) is -0.182. The summed E-state index contributed by atoms with van der Waals surface area (Å²) in [6.45, 7) is 1.51. The molecule has 0 saturated carbocycles. The largest absolute Gasteiger partial charge is 0.370 e. The lowest BCUT2D eigenvalue weighted by molar-refractivity contribution is 0.0534. The molecular weight excluding hydrogens is 373 g/mol. The molecule has 0 spiro atoms. The molecule has 26 heavy (non-hydrogen) atoms. The van der Waals surface area contributed by atoms with Crippen LogP contribution in [0.3, 0.4) is 0 Å². The smallest absolute Gasteiger partial charge is 0.252 e. The molecule has 2 unspecified atom stereocenters. The second-order valence-corrected chi connectivity index (χ2v) is 6.80. The molecule has 2 atom stereocenters. The van der Waals surface area contributed by atoms with Crippen molar-refractivity contribution in [3.63, 3.8) is 0 Å². The first-order valence-electron chi connectivity index (χ1n) is 8.15. The fourth-order valence-corrected chi connectivity index (χ4v) is 3.11. The van der Waals surface area contributed by atoms with Gasteiger partial charge in [0.05, 0.1) is 46.0 Å². The summed E-state index contributed by atoms with van der Waals surface area (Å²) in [4.78, 5) is 12.5. The molecule has 2 N–H and O–H groups in total. The molecule has 2 aromatic rings. The number of nitrogens with one attached hydrogen (secondary N) is 2. The van der Waals surface area contributed by atoms with Gasteiger partial charge in [-0.1, -0.05) is 41.4 Å². The summed E-state index contributed by atoms with van der Waals surface area (Å²) in [5.41, 5.74) is 1.63. The van der Waals surface area contributed by atoms with Crippen LogP contribution < -0.4 is 10.6 Å². The average molecular weight is 390 g/mol. The summed E-state index contributed by atoms with van der Waals surface area (Å²) in [5.74, 6) is -0.287. The van der Waals surface area contributed by atoms with Gasteiger partial charge in [-0.15, -0.1) is 0 Å². The lowest BCUT2D eigenvalue weighted by Gasteiger charge is -2.18. The Morgan fingerprint density at radius 2 is 2.00 bits per heavy atom. The van der Waals surface area contributed by atoms with Crippen LogP contribution in [-0.2, 0) is 4.74 Å². The van der Waals surface area contributed by atoms with Crippen LogP contribution in [0.5, 0.6) is 0 Å². The number of halogens is 2. The van der Waals surface area contributed by atoms with Gasteiger partial charge in [0.25, 0.3) is 5.91 Å². The van der Waals surface area contributed by atoms with Crippen LogP contribution in [0, 0.1) is 11.3 Å². The van der Waals surface area contributed by atoms with E-state index in [0.717, 1.165) is 5.56 Å². The maximum atomic E-state index is 12.5. The van der Waals surface area contributed by atoms with Crippen LogP contribution in [0.25, 0.3) is 0 Å². The standard InChI is InChI=1S/C19H17Cl2N3O2/c20-16-6-5-12(7-17(16)21)18-10-23-9-14(11-26-18)24-19(25)15-4-2-1-3-13(15)8-22/h1-7,14,18,23H,9-11H2,(H,24,25). The zero-order valence-corrected chi connectivity index (χ0v) is 15.3. The molecule has 1 fully saturated rings. The van der Waals surface area contributed by atoms with Crippen molar-refractivity contribution in [2.45, 2.75) is 12.1 Å². The van der Waals surface area contributed by atoms with Gasteiger partial charge in [-0.3, -0.25) is 4.79 Å². The third kappa shape index (κ3) is 4.35. The first kappa shape index (κ1) is 18.7. The van der Waals surface area contributed by atoms with Gasteiger partial charge < -0.3 is 15.4 Å². The first-order chi connectivity index (χ1) is 12.6. The molecule has 1 aliphatic rings. The molecule has 0 radical (unpaired) electrons. The number of benzene rings is 2. The van der Waals surface area contributed by atoms with Crippen LogP contribution in [0.4, 0.5) is 0 Å². The molecule has 0 aromatic heterocycles. The normalized spacial score (nSPS) is 20.0. The highest BCUT2D eigenvalue weighted by atomic mass is 35.5. The number of nitrogens with zero attached hydrogens (tertiary/aromatic N) is 1. The van der Waals surface area contributed by atoms with E-state index in [2.05, 4.69) is 10.6 Å². The summed E-state index contributed by atoms with van der Waals surface area (Å²) in [5, 5.41) is 16.3. The minimum absolute atomic E-state index is 0.182. The van der Waals surface area contributed by atoms with Crippen molar-refractivity contribution in [3.8, 4) is 6.07 Å². The van der Waals surface area contributed by atoms with E-state index in [1.807, 2.05) is 12.1 Å². The molecule has 3 rings (SSSR count). The summed E-state index contributed by atoms with van der Waals surface area (Å²) in [6, 6.07) is 14.0. The predicted molar refractivity (Wildman–Crippen MR) is 100 cm³/mol. The fourth-order valence-electron chi connectivity index (χ4n) is 2.80. The highest BCUT2D eigenvalue weighted by molar-refractivity contribution is 6.42. The number of ether oxygens (including phenoxy) is 1. The monoisotopic (exact) mass is 389 g/mol. The van der Waals surface area contributed by atoms with Gasteiger partial charge in [-0.2, -0.15) is 5.26 Å². The number of hydrogen-bond acceptors (Lipinski definition) is 4. The Kier molecular flexibility index (Phi) is 6.12. The Bertz CT molecular complexity index is 851. The molecule has 1 heterocycles. The van der Waals surface area contributed by atoms with Crippen LogP contribution in [0.1, 0.15) is 27.6 Å². The average Bonchev–Trinajstić information content (AvgIpc) is 2.89. The van der Waals surface area contributed by atoms with Crippen molar-refractivity contribution in [2.75, 3.05) is 19.7 Å². The topological polar surface area (TPSA) is 74.2 Å². The molecule has 0 bridgehead atoms. The van der Waals surface area contributed by atoms with Crippen LogP contribution >= 0.6 is 23.2 Å². The van der Waals surface area contributed by atoms with Gasteiger partial charge in [-0.25, -0.2) is 0 Å². The van der Waals surface area contributed by atoms with Crippen molar-refractivity contribution in [2.24, 2.45) is 0 Å². The van der Waals surface area contributed by atoms with Gasteiger partial charge in [-0.05, 0) is 29.8 Å². The van der Waals surface area contributed by atoms with Crippen LogP contribution in [0.15, 0.2) is 42.5 Å². The fraction of sp³-hybridized carbons (Fsp3) is 0.263. The lowest BCUT2D eigenvalue weighted by Crippen LogP contribution is -2.43. The molecule has 134 valence electrons. The van der Waals surface area contributed by atoms with Crippen molar-refractivity contribution < 1.29 is 9.53 Å². The minimum atomic E-state index is -0.287. The molecular formula is C19H17Cl2N3O2. The van der Waals surface area contributed by atoms with E-state index < -0.39 is 0 Å². The van der Waals surface area contributed by atoms with Gasteiger partial charge >= 0.3 is 0 Å². The van der Waals surface area contributed by atoms with Gasteiger partial charge in [0.2, 0.25) is 0 Å². The van der Waals surface area contributed by atoms with E-state index in [-0.39, 0.29) is 18.1 Å². The van der Waals surface area contributed by atoms with E-state index in [0.29, 0.717) is 40.9 Å². The molecule has 1 aliphatic heterocycles. The van der Waals surface area contributed by atoms with Crippen molar-refractivity contribution >= 4 is 29.1 Å². The number of nitriles is 1. The third-order valence-electron chi connectivity index (χ3n) is 4.16. The molecule has 7 heteroatoms. The summed E-state index contributed by atoms with van der Waals surface area (Å²) >= 11 is 12.0. The SMILES string of the molecule is N#Cc1ccccc1C(=O)NC1CNCC(c2ccc(Cl)c(Cl)c2)OC1. The van der Waals surface area contributed by atoms with Gasteiger partial charge in [0.15, 0.2) is 0 Å². The molecule has 5 nitrogen and oxygen atoms in total. The quantitative estimate of drug-likeness (QED) is 0.843. The number of carbonyl (C=O) groups excluding carboxylic acids is 1. The molecule has 1 amide bonds. The van der Waals surface area contributed by atoms with Crippen LogP contribution in [0.2, 0.25) is 10.0 Å². The zero-order valence-electron chi connectivity index (χ0n) is 13.8. The number of amides is 1. The Morgan fingerprint density at radius 1 is 1.19 bits per heavy atom. The molecule has 1 saturated heterocycles. The van der Waals surface area contributed by atoms with Crippen molar-refractivity contribution in [1.29, 1.82) is 5.26 Å². The third-order valence-corrected chi connectivity index (χ3v) is 4.90. The molecule has 0 aliphatic carbocycles. The number of hydrogen-bond donors (Lipinski definition) is 2. The van der Waals surface area contributed by atoms with E-state index in [4.69, 9.17) is 33.2 Å². The number of carbonyl (C=O) groups is 1. The molecule has 2 aromatic carbocycles. The highest BCUT2D eigenvalue weighted by Gasteiger charge is 2.23.